The fourth-order valence-electron chi connectivity index (χ4n) is 1.66. The van der Waals surface area contributed by atoms with Gasteiger partial charge in [0.2, 0.25) is 15.8 Å². The number of hydrogen-bond donors (Lipinski definition) is 1. The van der Waals surface area contributed by atoms with Gasteiger partial charge < -0.3 is 4.74 Å². The molecule has 21 heavy (non-hydrogen) atoms. The highest BCUT2D eigenvalue weighted by atomic mass is 32.2. The van der Waals surface area contributed by atoms with Crippen molar-refractivity contribution < 1.29 is 21.9 Å². The number of ether oxygens (including phenoxy) is 1. The number of sulfonamides is 1. The van der Waals surface area contributed by atoms with E-state index in [1.165, 1.54) is 6.20 Å². The molecule has 0 atom stereocenters. The third-order valence-electron chi connectivity index (χ3n) is 2.72. The van der Waals surface area contributed by atoms with Crippen molar-refractivity contribution in [3.8, 4) is 5.75 Å². The van der Waals surface area contributed by atoms with Crippen LogP contribution in [0.4, 0.5) is 8.78 Å². The number of hydrogen-bond acceptors (Lipinski definition) is 4. The average molecular weight is 317 g/mol. The average Bonchev–Trinajstić information content (AvgIpc) is 2.87. The summed E-state index contributed by atoms with van der Waals surface area (Å²) in [6, 6.07) is 1.88. The molecule has 2 aromatic rings. The van der Waals surface area contributed by atoms with Crippen LogP contribution in [0.3, 0.4) is 0 Å². The Balaban J connectivity index is 2.20. The van der Waals surface area contributed by atoms with Gasteiger partial charge in [0.05, 0.1) is 6.20 Å². The Bertz CT molecular complexity index is 759. The van der Waals surface area contributed by atoms with Gasteiger partial charge in [-0.05, 0) is 19.1 Å². The Morgan fingerprint density at radius 1 is 1.33 bits per heavy atom. The molecule has 0 unspecified atom stereocenters. The molecule has 0 saturated heterocycles. The lowest BCUT2D eigenvalue weighted by Crippen LogP contribution is -2.15. The summed E-state index contributed by atoms with van der Waals surface area (Å²) in [6.07, 6.45) is 3.24. The predicted molar refractivity (Wildman–Crippen MR) is 70.0 cm³/mol. The van der Waals surface area contributed by atoms with E-state index < -0.39 is 32.3 Å². The number of nitrogens with zero attached hydrogens (tertiary/aromatic N) is 2. The lowest BCUT2D eigenvalue weighted by molar-refractivity contribution is 0.283. The summed E-state index contributed by atoms with van der Waals surface area (Å²) in [5.74, 6) is -3.35. The highest BCUT2D eigenvalue weighted by Gasteiger charge is 2.21. The van der Waals surface area contributed by atoms with Gasteiger partial charge in [0.15, 0.2) is 11.6 Å². The van der Waals surface area contributed by atoms with Crippen LogP contribution in [-0.2, 0) is 23.2 Å². The van der Waals surface area contributed by atoms with Crippen LogP contribution in [0.25, 0.3) is 0 Å². The van der Waals surface area contributed by atoms with E-state index in [0.29, 0.717) is 12.1 Å². The van der Waals surface area contributed by atoms with Gasteiger partial charge in [-0.25, -0.2) is 17.9 Å². The third kappa shape index (κ3) is 3.37. The molecule has 0 spiro atoms. The molecule has 2 rings (SSSR count). The van der Waals surface area contributed by atoms with Crippen molar-refractivity contribution in [3.63, 3.8) is 0 Å². The van der Waals surface area contributed by atoms with Gasteiger partial charge >= 0.3 is 0 Å². The first-order valence-corrected chi connectivity index (χ1v) is 7.52. The molecule has 0 bridgehead atoms. The monoisotopic (exact) mass is 317 g/mol. The lowest BCUT2D eigenvalue weighted by Gasteiger charge is -2.08. The normalized spacial score (nSPS) is 11.6. The largest absolute Gasteiger partial charge is 0.486 e. The quantitative estimate of drug-likeness (QED) is 0.903. The highest BCUT2D eigenvalue weighted by molar-refractivity contribution is 7.89. The fraction of sp³-hybridized carbons (Fsp3) is 0.250. The zero-order valence-corrected chi connectivity index (χ0v) is 11.9. The van der Waals surface area contributed by atoms with Crippen molar-refractivity contribution in [1.82, 2.24) is 9.78 Å². The van der Waals surface area contributed by atoms with Gasteiger partial charge in [-0.2, -0.15) is 9.49 Å². The second-order valence-corrected chi connectivity index (χ2v) is 5.76. The van der Waals surface area contributed by atoms with Crippen molar-refractivity contribution in [2.24, 2.45) is 5.14 Å². The number of aromatic nitrogens is 2. The van der Waals surface area contributed by atoms with E-state index >= 15 is 0 Å². The van der Waals surface area contributed by atoms with Gasteiger partial charge in [-0.3, -0.25) is 4.68 Å². The predicted octanol–water partition coefficient (Wildman–Crippen LogP) is 1.41. The van der Waals surface area contributed by atoms with Gasteiger partial charge in [-0.1, -0.05) is 0 Å². The molecule has 1 aromatic heterocycles. The highest BCUT2D eigenvalue weighted by Crippen LogP contribution is 2.25. The van der Waals surface area contributed by atoms with E-state index in [4.69, 9.17) is 9.88 Å². The molecule has 114 valence electrons. The summed E-state index contributed by atoms with van der Waals surface area (Å²) in [7, 11) is -4.32. The minimum atomic E-state index is -4.32. The van der Waals surface area contributed by atoms with E-state index in [2.05, 4.69) is 5.10 Å². The number of primary sulfonamides is 1. The molecule has 1 aromatic carbocycles. The smallest absolute Gasteiger partial charge is 0.241 e. The van der Waals surface area contributed by atoms with Crippen LogP contribution in [0.2, 0.25) is 0 Å². The second kappa shape index (κ2) is 5.78. The Labute approximate surface area is 120 Å². The number of nitrogens with two attached hydrogens (primary N) is 1. The maximum Gasteiger partial charge on any atom is 0.241 e. The zero-order chi connectivity index (χ0) is 15.6. The number of rotatable bonds is 5. The van der Waals surface area contributed by atoms with E-state index in [1.807, 2.05) is 6.92 Å². The molecule has 0 aliphatic carbocycles. The first kappa shape index (κ1) is 15.4. The molecule has 0 saturated carbocycles. The number of benzene rings is 1. The van der Waals surface area contributed by atoms with Gasteiger partial charge in [0, 0.05) is 18.3 Å². The van der Waals surface area contributed by atoms with Gasteiger partial charge in [-0.15, -0.1) is 0 Å². The zero-order valence-electron chi connectivity index (χ0n) is 11.1. The Morgan fingerprint density at radius 2 is 2.05 bits per heavy atom. The minimum absolute atomic E-state index is 0.0227. The van der Waals surface area contributed by atoms with Crippen LogP contribution in [0.5, 0.6) is 5.75 Å². The molecular weight excluding hydrogens is 304 g/mol. The van der Waals surface area contributed by atoms with Crippen LogP contribution in [0.1, 0.15) is 12.5 Å². The molecule has 9 heteroatoms. The molecule has 0 aliphatic rings. The summed E-state index contributed by atoms with van der Waals surface area (Å²) in [6.45, 7) is 2.55. The topological polar surface area (TPSA) is 87.2 Å². The summed E-state index contributed by atoms with van der Waals surface area (Å²) < 4.78 is 56.2. The maximum absolute atomic E-state index is 13.7. The van der Waals surface area contributed by atoms with E-state index in [-0.39, 0.29) is 6.61 Å². The Hall–Kier alpha value is -2.00. The molecule has 2 N–H and O–H groups in total. The molecule has 1 heterocycles. The standard InChI is InChI=1S/C12H13F2N3O3S/c1-2-17-6-8(5-16-17)7-20-9-3-4-10(21(15,18)19)12(14)11(9)13/h3-6H,2,7H2,1H3,(H2,15,18,19). The molecule has 6 nitrogen and oxygen atoms in total. The van der Waals surface area contributed by atoms with Crippen LogP contribution < -0.4 is 9.88 Å². The second-order valence-electron chi connectivity index (χ2n) is 4.23. The SMILES string of the molecule is CCn1cc(COc2ccc(S(N)(=O)=O)c(F)c2F)cn1. The van der Waals surface area contributed by atoms with E-state index in [9.17, 15) is 17.2 Å². The van der Waals surface area contributed by atoms with Crippen molar-refractivity contribution in [2.45, 2.75) is 25.0 Å². The van der Waals surface area contributed by atoms with Gasteiger partial charge in [0.1, 0.15) is 11.5 Å². The van der Waals surface area contributed by atoms with E-state index in [1.54, 1.807) is 10.9 Å². The summed E-state index contributed by atoms with van der Waals surface area (Å²) in [5, 5.41) is 8.78. The van der Waals surface area contributed by atoms with Crippen LogP contribution >= 0.6 is 0 Å². The Morgan fingerprint density at radius 3 is 2.62 bits per heavy atom. The van der Waals surface area contributed by atoms with Crippen molar-refractivity contribution in [1.29, 1.82) is 0 Å². The maximum atomic E-state index is 13.7. The molecule has 0 radical (unpaired) electrons. The van der Waals surface area contributed by atoms with Crippen LogP contribution in [-0.4, -0.2) is 18.2 Å². The van der Waals surface area contributed by atoms with Crippen molar-refractivity contribution in [2.75, 3.05) is 0 Å². The third-order valence-corrected chi connectivity index (χ3v) is 3.65. The fourth-order valence-corrected chi connectivity index (χ4v) is 2.26. The lowest BCUT2D eigenvalue weighted by atomic mass is 10.3. The number of aryl methyl sites for hydroxylation is 1. The molecule has 0 amide bonds. The van der Waals surface area contributed by atoms with Crippen molar-refractivity contribution in [3.05, 3.63) is 41.7 Å². The van der Waals surface area contributed by atoms with Crippen molar-refractivity contribution >= 4 is 10.0 Å². The molecule has 0 aliphatic heterocycles. The van der Waals surface area contributed by atoms with Gasteiger partial charge in [0.25, 0.3) is 0 Å². The van der Waals surface area contributed by atoms with E-state index in [0.717, 1.165) is 12.1 Å². The first-order valence-electron chi connectivity index (χ1n) is 5.98. The number of halogens is 2. The Kier molecular flexibility index (Phi) is 4.24. The molecular formula is C12H13F2N3O3S. The van der Waals surface area contributed by atoms with Crippen LogP contribution in [0.15, 0.2) is 29.4 Å². The summed E-state index contributed by atoms with van der Waals surface area (Å²) in [5.41, 5.74) is 0.673. The minimum Gasteiger partial charge on any atom is -0.486 e. The van der Waals surface area contributed by atoms with Crippen LogP contribution in [0, 0.1) is 11.6 Å². The summed E-state index contributed by atoms with van der Waals surface area (Å²) >= 11 is 0. The first-order chi connectivity index (χ1) is 9.82. The summed E-state index contributed by atoms with van der Waals surface area (Å²) in [4.78, 5) is -0.911. The molecule has 0 fully saturated rings.